The quantitative estimate of drug-likeness (QED) is 0.476. The molecule has 0 bridgehead atoms. The summed E-state index contributed by atoms with van der Waals surface area (Å²) >= 11 is 0. The number of esters is 2. The Morgan fingerprint density at radius 1 is 1.28 bits per heavy atom. The summed E-state index contributed by atoms with van der Waals surface area (Å²) in [6, 6.07) is 0.0220. The molecule has 3 fully saturated rings. The molecule has 0 unspecified atom stereocenters. The fourth-order valence-electron chi connectivity index (χ4n) is 4.23. The van der Waals surface area contributed by atoms with Crippen LogP contribution in [0.5, 0.6) is 0 Å². The predicted octanol–water partition coefficient (Wildman–Crippen LogP) is 0.244. The Balaban J connectivity index is 1.94. The largest absolute Gasteiger partial charge is 0.463 e. The molecule has 0 aromatic rings. The van der Waals surface area contributed by atoms with E-state index in [-0.39, 0.29) is 30.2 Å². The van der Waals surface area contributed by atoms with E-state index < -0.39 is 29.6 Å². The average molecular weight is 353 g/mol. The van der Waals surface area contributed by atoms with E-state index in [0.29, 0.717) is 0 Å². The van der Waals surface area contributed by atoms with E-state index in [9.17, 15) is 19.8 Å². The molecule has 2 N–H and O–H groups in total. The maximum atomic E-state index is 12.6. The number of carbonyl (C=O) groups is 2. The zero-order valence-corrected chi connectivity index (χ0v) is 15.0. The molecule has 0 spiro atoms. The molecule has 0 saturated carbocycles. The van der Waals surface area contributed by atoms with Gasteiger partial charge in [0.1, 0.15) is 6.10 Å². The molecule has 140 valence electrons. The van der Waals surface area contributed by atoms with Gasteiger partial charge in [-0.15, -0.1) is 0 Å². The van der Waals surface area contributed by atoms with Gasteiger partial charge in [-0.2, -0.15) is 0 Å². The Bertz CT molecular complexity index is 586. The minimum atomic E-state index is -1.90. The van der Waals surface area contributed by atoms with Crippen molar-refractivity contribution in [2.75, 3.05) is 19.7 Å². The van der Waals surface area contributed by atoms with Crippen LogP contribution in [0, 0.1) is 11.8 Å². The summed E-state index contributed by atoms with van der Waals surface area (Å²) in [4.78, 5) is 27.3. The maximum absolute atomic E-state index is 12.6. The van der Waals surface area contributed by atoms with E-state index in [1.165, 1.54) is 19.9 Å². The number of aliphatic hydroxyl groups excluding tert-OH is 1. The smallest absolute Gasteiger partial charge is 0.338 e. The molecule has 3 aliphatic rings. The molecule has 0 amide bonds. The van der Waals surface area contributed by atoms with Gasteiger partial charge in [-0.25, -0.2) is 9.59 Å². The van der Waals surface area contributed by atoms with Gasteiger partial charge in [0.25, 0.3) is 0 Å². The maximum Gasteiger partial charge on any atom is 0.338 e. The third kappa shape index (κ3) is 3.09. The number of carbonyl (C=O) groups excluding carboxylic acids is 2. The van der Waals surface area contributed by atoms with E-state index in [4.69, 9.17) is 9.47 Å². The SMILES string of the molecule is C/C=C1\C(=O)O[C@@H]2CCN3CC[C@H](COC(=O)[C@@](C)(O)[C@H](C)[C@H]1O)[C@H]23. The summed E-state index contributed by atoms with van der Waals surface area (Å²) < 4.78 is 11.1. The van der Waals surface area contributed by atoms with Crippen LogP contribution < -0.4 is 0 Å². The van der Waals surface area contributed by atoms with Crippen LogP contribution in [0.1, 0.15) is 33.6 Å². The number of hydrogen-bond acceptors (Lipinski definition) is 7. The molecular formula is C18H27NO6. The zero-order chi connectivity index (χ0) is 18.4. The normalized spacial score (nSPS) is 44.7. The van der Waals surface area contributed by atoms with Crippen LogP contribution >= 0.6 is 0 Å². The van der Waals surface area contributed by atoms with Crippen molar-refractivity contribution in [3.63, 3.8) is 0 Å². The fourth-order valence-corrected chi connectivity index (χ4v) is 4.23. The molecule has 6 atom stereocenters. The van der Waals surface area contributed by atoms with Gasteiger partial charge in [0.15, 0.2) is 5.60 Å². The van der Waals surface area contributed by atoms with Crippen LogP contribution in [0.4, 0.5) is 0 Å². The lowest BCUT2D eigenvalue weighted by atomic mass is 9.82. The summed E-state index contributed by atoms with van der Waals surface area (Å²) in [5.41, 5.74) is -1.84. The molecule has 0 aliphatic carbocycles. The minimum absolute atomic E-state index is 0.0220. The van der Waals surface area contributed by atoms with E-state index in [1.54, 1.807) is 6.92 Å². The number of allylic oxidation sites excluding steroid dienone is 1. The molecule has 3 saturated heterocycles. The highest BCUT2D eigenvalue weighted by atomic mass is 16.6. The summed E-state index contributed by atoms with van der Waals surface area (Å²) in [5.74, 6) is -2.19. The van der Waals surface area contributed by atoms with Crippen molar-refractivity contribution in [2.24, 2.45) is 11.8 Å². The van der Waals surface area contributed by atoms with Crippen molar-refractivity contribution >= 4 is 11.9 Å². The van der Waals surface area contributed by atoms with Crippen LogP contribution in [0.3, 0.4) is 0 Å². The summed E-state index contributed by atoms with van der Waals surface area (Å²) in [5, 5.41) is 21.2. The van der Waals surface area contributed by atoms with Crippen molar-refractivity contribution < 1.29 is 29.3 Å². The van der Waals surface area contributed by atoms with Crippen molar-refractivity contribution in [1.82, 2.24) is 4.90 Å². The van der Waals surface area contributed by atoms with Gasteiger partial charge in [-0.1, -0.05) is 13.0 Å². The fraction of sp³-hybridized carbons (Fsp3) is 0.778. The lowest BCUT2D eigenvalue weighted by Crippen LogP contribution is -2.50. The molecule has 3 rings (SSSR count). The van der Waals surface area contributed by atoms with Crippen LogP contribution in [0.25, 0.3) is 0 Å². The molecule has 7 nitrogen and oxygen atoms in total. The topological polar surface area (TPSA) is 96.3 Å². The monoisotopic (exact) mass is 353 g/mol. The van der Waals surface area contributed by atoms with Gasteiger partial charge in [-0.05, 0) is 33.2 Å². The first-order chi connectivity index (χ1) is 11.8. The molecule has 0 aromatic carbocycles. The molecule has 0 aromatic heterocycles. The van der Waals surface area contributed by atoms with E-state index in [1.807, 2.05) is 0 Å². The lowest BCUT2D eigenvalue weighted by Gasteiger charge is -2.34. The van der Waals surface area contributed by atoms with E-state index in [0.717, 1.165) is 25.9 Å². The average Bonchev–Trinajstić information content (AvgIpc) is 3.14. The number of cyclic esters (lactones) is 1. The lowest BCUT2D eigenvalue weighted by molar-refractivity contribution is -0.176. The summed E-state index contributed by atoms with van der Waals surface area (Å²) in [6.45, 7) is 6.37. The third-order valence-electron chi connectivity index (χ3n) is 6.10. The van der Waals surface area contributed by atoms with Crippen LogP contribution in [0.2, 0.25) is 0 Å². The molecule has 7 heteroatoms. The van der Waals surface area contributed by atoms with Crippen LogP contribution in [-0.4, -0.2) is 70.6 Å². The Labute approximate surface area is 147 Å². The van der Waals surface area contributed by atoms with Crippen molar-refractivity contribution in [3.8, 4) is 0 Å². The molecular weight excluding hydrogens is 326 g/mol. The second-order valence-electron chi connectivity index (χ2n) is 7.53. The summed E-state index contributed by atoms with van der Waals surface area (Å²) in [7, 11) is 0. The minimum Gasteiger partial charge on any atom is -0.463 e. The van der Waals surface area contributed by atoms with Gasteiger partial charge in [0, 0.05) is 18.4 Å². The van der Waals surface area contributed by atoms with Crippen molar-refractivity contribution in [2.45, 2.75) is 57.5 Å². The van der Waals surface area contributed by atoms with Crippen molar-refractivity contribution in [3.05, 3.63) is 11.6 Å². The molecule has 3 heterocycles. The number of nitrogens with zero attached hydrogens (tertiary/aromatic N) is 1. The molecule has 3 aliphatic heterocycles. The van der Waals surface area contributed by atoms with Crippen LogP contribution in [0.15, 0.2) is 11.6 Å². The first-order valence-electron chi connectivity index (χ1n) is 8.96. The Kier molecular flexibility index (Phi) is 4.92. The van der Waals surface area contributed by atoms with Gasteiger partial charge < -0.3 is 19.7 Å². The third-order valence-corrected chi connectivity index (χ3v) is 6.10. The number of aliphatic hydroxyl groups is 2. The van der Waals surface area contributed by atoms with Crippen molar-refractivity contribution in [1.29, 1.82) is 0 Å². The first kappa shape index (κ1) is 18.4. The number of rotatable bonds is 0. The Morgan fingerprint density at radius 2 is 1.96 bits per heavy atom. The zero-order valence-electron chi connectivity index (χ0n) is 15.0. The molecule has 0 radical (unpaired) electrons. The molecule has 25 heavy (non-hydrogen) atoms. The van der Waals surface area contributed by atoms with E-state index in [2.05, 4.69) is 4.90 Å². The second kappa shape index (κ2) is 6.70. The number of hydrogen-bond donors (Lipinski definition) is 2. The van der Waals surface area contributed by atoms with Gasteiger partial charge in [0.05, 0.1) is 24.3 Å². The highest BCUT2D eigenvalue weighted by Gasteiger charge is 2.49. The van der Waals surface area contributed by atoms with Gasteiger partial charge in [-0.3, -0.25) is 4.90 Å². The predicted molar refractivity (Wildman–Crippen MR) is 88.5 cm³/mol. The summed E-state index contributed by atoms with van der Waals surface area (Å²) in [6.07, 6.45) is 1.49. The highest BCUT2D eigenvalue weighted by molar-refractivity contribution is 5.90. The standard InChI is InChI=1S/C18H27NO6/c1-4-12-15(20)10(2)18(3,23)17(22)24-9-11-5-7-19-8-6-13(14(11)19)25-16(12)21/h4,10-11,13-15,20,23H,5-9H2,1-3H3/b12-4-/t10-,11-,13-,14-,15-,18+/m1/s1. The second-order valence-corrected chi connectivity index (χ2v) is 7.53. The number of ether oxygens (including phenoxy) is 2. The van der Waals surface area contributed by atoms with Gasteiger partial charge >= 0.3 is 11.9 Å². The highest BCUT2D eigenvalue weighted by Crippen LogP contribution is 2.37. The Morgan fingerprint density at radius 3 is 2.64 bits per heavy atom. The van der Waals surface area contributed by atoms with E-state index >= 15 is 0 Å². The first-order valence-corrected chi connectivity index (χ1v) is 8.96. The van der Waals surface area contributed by atoms with Crippen LogP contribution in [-0.2, 0) is 19.1 Å². The Hall–Kier alpha value is -1.44. The van der Waals surface area contributed by atoms with Gasteiger partial charge in [0.2, 0.25) is 0 Å².